The highest BCUT2D eigenvalue weighted by molar-refractivity contribution is 7.71. The van der Waals surface area contributed by atoms with Gasteiger partial charge in [0.2, 0.25) is 4.77 Å². The third-order valence-electron chi connectivity index (χ3n) is 5.47. The number of aromatic nitrogens is 3. The van der Waals surface area contributed by atoms with Gasteiger partial charge in [0.05, 0.1) is 12.8 Å². The van der Waals surface area contributed by atoms with Gasteiger partial charge < -0.3 is 9.47 Å². The average molecular weight is 437 g/mol. The summed E-state index contributed by atoms with van der Waals surface area (Å²) in [7, 11) is 0. The van der Waals surface area contributed by atoms with Crippen LogP contribution < -0.4 is 9.47 Å². The Labute approximate surface area is 187 Å². The highest BCUT2D eigenvalue weighted by Gasteiger charge is 2.21. The second kappa shape index (κ2) is 10.4. The summed E-state index contributed by atoms with van der Waals surface area (Å²) in [6, 6.07) is 15.9. The Hall–Kier alpha value is -2.93. The fraction of sp³-hybridized carbons (Fsp3) is 0.375. The molecule has 0 bridgehead atoms. The molecule has 3 aromatic rings. The van der Waals surface area contributed by atoms with Crippen LogP contribution in [0.4, 0.5) is 0 Å². The lowest BCUT2D eigenvalue weighted by Crippen LogP contribution is -2.10. The minimum atomic E-state index is 0.409. The summed E-state index contributed by atoms with van der Waals surface area (Å²) in [5.74, 6) is 2.75. The molecule has 1 saturated carbocycles. The number of aromatic amines is 1. The molecule has 1 aliphatic carbocycles. The maximum absolute atomic E-state index is 5.99. The first-order chi connectivity index (χ1) is 15.2. The summed E-state index contributed by atoms with van der Waals surface area (Å²) in [6.45, 7) is 3.01. The maximum atomic E-state index is 5.99. The molecule has 1 aliphatic rings. The molecule has 0 aliphatic heterocycles. The number of ether oxygens (including phenoxy) is 2. The molecule has 4 rings (SSSR count). The van der Waals surface area contributed by atoms with E-state index < -0.39 is 0 Å². The van der Waals surface area contributed by atoms with Crippen LogP contribution in [0.3, 0.4) is 0 Å². The molecule has 2 aromatic carbocycles. The molecule has 1 fully saturated rings. The minimum absolute atomic E-state index is 0.409. The van der Waals surface area contributed by atoms with Gasteiger partial charge in [0.1, 0.15) is 6.61 Å². The van der Waals surface area contributed by atoms with E-state index in [1.807, 2.05) is 55.5 Å². The number of hydrogen-bond acceptors (Lipinski definition) is 5. The van der Waals surface area contributed by atoms with E-state index in [1.54, 1.807) is 10.9 Å². The second-order valence-corrected chi connectivity index (χ2v) is 8.08. The summed E-state index contributed by atoms with van der Waals surface area (Å²) >= 11 is 5.41. The molecule has 162 valence electrons. The van der Waals surface area contributed by atoms with Crippen LogP contribution in [-0.2, 0) is 6.61 Å². The molecule has 0 atom stereocenters. The number of rotatable bonds is 8. The van der Waals surface area contributed by atoms with Crippen molar-refractivity contribution in [3.8, 4) is 11.5 Å². The summed E-state index contributed by atoms with van der Waals surface area (Å²) in [6.07, 6.45) is 7.82. The van der Waals surface area contributed by atoms with Crippen LogP contribution >= 0.6 is 12.2 Å². The van der Waals surface area contributed by atoms with Gasteiger partial charge in [-0.15, -0.1) is 0 Å². The summed E-state index contributed by atoms with van der Waals surface area (Å²) in [5.41, 5.74) is 2.02. The van der Waals surface area contributed by atoms with Gasteiger partial charge in [0.15, 0.2) is 17.3 Å². The number of benzene rings is 2. The largest absolute Gasteiger partial charge is 0.490 e. The molecular weight excluding hydrogens is 408 g/mol. The summed E-state index contributed by atoms with van der Waals surface area (Å²) < 4.78 is 14.1. The van der Waals surface area contributed by atoms with Crippen LogP contribution in [0.25, 0.3) is 0 Å². The summed E-state index contributed by atoms with van der Waals surface area (Å²) in [4.78, 5) is 0. The monoisotopic (exact) mass is 436 g/mol. The van der Waals surface area contributed by atoms with E-state index >= 15 is 0 Å². The third kappa shape index (κ3) is 5.41. The number of nitrogens with one attached hydrogen (secondary N) is 1. The van der Waals surface area contributed by atoms with Crippen molar-refractivity contribution in [2.75, 3.05) is 6.61 Å². The van der Waals surface area contributed by atoms with E-state index in [4.69, 9.17) is 21.7 Å². The molecule has 1 aromatic heterocycles. The Morgan fingerprint density at radius 1 is 1.10 bits per heavy atom. The first kappa shape index (κ1) is 21.3. The smallest absolute Gasteiger partial charge is 0.216 e. The predicted molar refractivity (Wildman–Crippen MR) is 125 cm³/mol. The lowest BCUT2D eigenvalue weighted by molar-refractivity contribution is 0.269. The first-order valence-corrected chi connectivity index (χ1v) is 11.3. The fourth-order valence-electron chi connectivity index (χ4n) is 3.89. The lowest BCUT2D eigenvalue weighted by Gasteiger charge is -2.19. The van der Waals surface area contributed by atoms with Crippen LogP contribution in [0.1, 0.15) is 61.9 Å². The number of hydrogen-bond donors (Lipinski definition) is 1. The average Bonchev–Trinajstić information content (AvgIpc) is 3.19. The number of H-pyrrole nitrogens is 1. The number of nitrogens with zero attached hydrogens (tertiary/aromatic N) is 3. The highest BCUT2D eigenvalue weighted by Crippen LogP contribution is 2.32. The van der Waals surface area contributed by atoms with Crippen molar-refractivity contribution in [3.05, 3.63) is 70.3 Å². The highest BCUT2D eigenvalue weighted by atomic mass is 32.1. The van der Waals surface area contributed by atoms with E-state index in [0.717, 1.165) is 29.8 Å². The van der Waals surface area contributed by atoms with Crippen molar-refractivity contribution in [2.24, 2.45) is 5.10 Å². The molecule has 31 heavy (non-hydrogen) atoms. The third-order valence-corrected chi connectivity index (χ3v) is 5.74. The predicted octanol–water partition coefficient (Wildman–Crippen LogP) is 5.85. The van der Waals surface area contributed by atoms with Gasteiger partial charge >= 0.3 is 0 Å². The Balaban J connectivity index is 1.52. The molecule has 1 N–H and O–H groups in total. The Morgan fingerprint density at radius 3 is 2.68 bits per heavy atom. The quantitative estimate of drug-likeness (QED) is 0.355. The van der Waals surface area contributed by atoms with Gasteiger partial charge in [-0.25, -0.2) is 0 Å². The van der Waals surface area contributed by atoms with Crippen molar-refractivity contribution < 1.29 is 9.47 Å². The molecule has 1 heterocycles. The zero-order chi connectivity index (χ0) is 21.5. The molecule has 0 radical (unpaired) electrons. The van der Waals surface area contributed by atoms with E-state index in [1.165, 1.54) is 19.3 Å². The topological polar surface area (TPSA) is 64.4 Å². The summed E-state index contributed by atoms with van der Waals surface area (Å²) in [5, 5.41) is 12.0. The minimum Gasteiger partial charge on any atom is -0.490 e. The maximum Gasteiger partial charge on any atom is 0.216 e. The second-order valence-electron chi connectivity index (χ2n) is 7.69. The van der Waals surface area contributed by atoms with E-state index in [9.17, 15) is 0 Å². The van der Waals surface area contributed by atoms with Crippen molar-refractivity contribution in [2.45, 2.75) is 51.6 Å². The van der Waals surface area contributed by atoms with Gasteiger partial charge in [-0.3, -0.25) is 5.10 Å². The van der Waals surface area contributed by atoms with Crippen molar-refractivity contribution in [1.29, 1.82) is 0 Å². The Bertz CT molecular complexity index is 1070. The molecule has 6 nitrogen and oxygen atoms in total. The van der Waals surface area contributed by atoms with E-state index in [0.29, 0.717) is 35.4 Å². The Morgan fingerprint density at radius 2 is 1.90 bits per heavy atom. The van der Waals surface area contributed by atoms with Crippen LogP contribution in [0.2, 0.25) is 0 Å². The van der Waals surface area contributed by atoms with E-state index in [2.05, 4.69) is 15.3 Å². The lowest BCUT2D eigenvalue weighted by atomic mass is 9.89. The van der Waals surface area contributed by atoms with Crippen molar-refractivity contribution >= 4 is 18.4 Å². The van der Waals surface area contributed by atoms with Gasteiger partial charge in [-0.1, -0.05) is 49.6 Å². The van der Waals surface area contributed by atoms with Gasteiger partial charge in [0, 0.05) is 5.92 Å². The molecule has 0 saturated heterocycles. The zero-order valence-electron chi connectivity index (χ0n) is 17.8. The molecule has 7 heteroatoms. The van der Waals surface area contributed by atoms with Crippen molar-refractivity contribution in [3.63, 3.8) is 0 Å². The van der Waals surface area contributed by atoms with E-state index in [-0.39, 0.29) is 0 Å². The molecule has 0 amide bonds. The normalized spacial score (nSPS) is 14.7. The van der Waals surface area contributed by atoms with Crippen LogP contribution in [0, 0.1) is 4.77 Å². The van der Waals surface area contributed by atoms with Gasteiger partial charge in [-0.05, 0) is 61.3 Å². The first-order valence-electron chi connectivity index (χ1n) is 10.9. The fourth-order valence-corrected chi connectivity index (χ4v) is 4.08. The van der Waals surface area contributed by atoms with Crippen molar-refractivity contribution in [1.82, 2.24) is 14.9 Å². The van der Waals surface area contributed by atoms with Crippen LogP contribution in [0.5, 0.6) is 11.5 Å². The SMILES string of the molecule is CCOc1cc(/C=N\n2c(C3CCCCC3)n[nH]c2=S)ccc1OCc1ccccc1. The van der Waals surface area contributed by atoms with Gasteiger partial charge in [0.25, 0.3) is 0 Å². The molecular formula is C24H28N4O2S. The zero-order valence-corrected chi connectivity index (χ0v) is 18.6. The Kier molecular flexibility index (Phi) is 7.14. The standard InChI is InChI=1S/C24H28N4O2S/c1-2-29-22-15-19(13-14-21(22)30-17-18-9-5-3-6-10-18)16-25-28-23(26-27-24(28)31)20-11-7-4-8-12-20/h3,5-6,9-10,13-16,20H,2,4,7-8,11-12,17H2,1H3,(H,27,31)/b25-16-. The van der Waals surface area contributed by atoms with Crippen LogP contribution in [0.15, 0.2) is 53.6 Å². The molecule has 0 unspecified atom stereocenters. The van der Waals surface area contributed by atoms with Crippen LogP contribution in [-0.4, -0.2) is 27.7 Å². The van der Waals surface area contributed by atoms with Gasteiger partial charge in [-0.2, -0.15) is 14.9 Å². The molecule has 0 spiro atoms.